The molecule has 0 saturated carbocycles. The monoisotopic (exact) mass is 473 g/mol. The van der Waals surface area contributed by atoms with Crippen LogP contribution in [0.4, 0.5) is 5.69 Å². The zero-order valence-corrected chi connectivity index (χ0v) is 20.1. The summed E-state index contributed by atoms with van der Waals surface area (Å²) in [6.07, 6.45) is 0. The highest BCUT2D eigenvalue weighted by Crippen LogP contribution is 2.30. The van der Waals surface area contributed by atoms with Crippen molar-refractivity contribution in [2.24, 2.45) is 5.92 Å². The number of nitrogens with one attached hydrogen (secondary N) is 1. The van der Waals surface area contributed by atoms with E-state index in [4.69, 9.17) is 14.2 Å². The largest absolute Gasteiger partial charge is 0.497 e. The minimum atomic E-state index is -0.747. The molecular formula is C24H31N3O7. The van der Waals surface area contributed by atoms with Gasteiger partial charge in [0.1, 0.15) is 17.5 Å². The van der Waals surface area contributed by atoms with Gasteiger partial charge in [0, 0.05) is 25.2 Å². The first kappa shape index (κ1) is 26.4. The standard InChI is InChI=1S/C24H31N3O7/c1-16(2)13-25-24(29)17(3)26(14-18-6-8-19(32-4)9-7-18)23(28)15-34-20-10-11-21(27(30)31)22(12-20)33-5/h6-12,16-17H,13-15H2,1-5H3,(H,25,29)/t17-/m1/s1. The highest BCUT2D eigenvalue weighted by atomic mass is 16.6. The molecule has 0 fully saturated rings. The van der Waals surface area contributed by atoms with E-state index in [1.807, 2.05) is 26.0 Å². The van der Waals surface area contributed by atoms with E-state index in [0.717, 1.165) is 5.56 Å². The number of carbonyl (C=O) groups excluding carboxylic acids is 2. The number of benzene rings is 2. The second-order valence-corrected chi connectivity index (χ2v) is 8.06. The van der Waals surface area contributed by atoms with Gasteiger partial charge >= 0.3 is 5.69 Å². The lowest BCUT2D eigenvalue weighted by Crippen LogP contribution is -2.49. The third-order valence-corrected chi connectivity index (χ3v) is 5.07. The molecule has 2 amide bonds. The van der Waals surface area contributed by atoms with Gasteiger partial charge in [-0.1, -0.05) is 26.0 Å². The summed E-state index contributed by atoms with van der Waals surface area (Å²) in [7, 11) is 2.88. The molecule has 0 aliphatic rings. The maximum absolute atomic E-state index is 13.1. The molecule has 0 radical (unpaired) electrons. The van der Waals surface area contributed by atoms with Crippen LogP contribution in [0.2, 0.25) is 0 Å². The van der Waals surface area contributed by atoms with Gasteiger partial charge in [-0.3, -0.25) is 19.7 Å². The van der Waals surface area contributed by atoms with Crippen LogP contribution in [0.15, 0.2) is 42.5 Å². The van der Waals surface area contributed by atoms with Crippen molar-refractivity contribution >= 4 is 17.5 Å². The molecule has 2 aromatic carbocycles. The number of hydrogen-bond acceptors (Lipinski definition) is 7. The lowest BCUT2D eigenvalue weighted by atomic mass is 10.1. The quantitative estimate of drug-likeness (QED) is 0.371. The zero-order valence-electron chi connectivity index (χ0n) is 20.1. The number of ether oxygens (including phenoxy) is 3. The van der Waals surface area contributed by atoms with E-state index in [1.54, 1.807) is 26.2 Å². The van der Waals surface area contributed by atoms with Gasteiger partial charge in [-0.25, -0.2) is 0 Å². The molecular weight excluding hydrogens is 442 g/mol. The Morgan fingerprint density at radius 3 is 2.24 bits per heavy atom. The van der Waals surface area contributed by atoms with E-state index in [9.17, 15) is 19.7 Å². The molecule has 0 bridgehead atoms. The molecule has 0 heterocycles. The zero-order chi connectivity index (χ0) is 25.3. The Hall–Kier alpha value is -3.82. The molecule has 10 heteroatoms. The lowest BCUT2D eigenvalue weighted by molar-refractivity contribution is -0.385. The van der Waals surface area contributed by atoms with E-state index in [1.165, 1.54) is 30.2 Å². The smallest absolute Gasteiger partial charge is 0.311 e. The Bertz CT molecular complexity index is 993. The van der Waals surface area contributed by atoms with Gasteiger partial charge in [0.05, 0.1) is 19.1 Å². The van der Waals surface area contributed by atoms with Crippen molar-refractivity contribution < 1.29 is 28.7 Å². The van der Waals surface area contributed by atoms with Crippen molar-refractivity contribution in [1.29, 1.82) is 0 Å². The van der Waals surface area contributed by atoms with Crippen molar-refractivity contribution in [3.8, 4) is 17.2 Å². The van der Waals surface area contributed by atoms with E-state index in [-0.39, 0.29) is 42.2 Å². The van der Waals surface area contributed by atoms with Gasteiger partial charge < -0.3 is 24.4 Å². The maximum atomic E-state index is 13.1. The second kappa shape index (κ2) is 12.4. The number of nitro groups is 1. The number of carbonyl (C=O) groups is 2. The molecule has 0 saturated heterocycles. The maximum Gasteiger partial charge on any atom is 0.311 e. The van der Waals surface area contributed by atoms with Crippen LogP contribution in [-0.4, -0.2) is 55.1 Å². The topological polar surface area (TPSA) is 120 Å². The number of rotatable bonds is 12. The summed E-state index contributed by atoms with van der Waals surface area (Å²) in [6, 6.07) is 10.4. The average molecular weight is 474 g/mol. The number of amides is 2. The van der Waals surface area contributed by atoms with Gasteiger partial charge in [-0.05, 0) is 36.6 Å². The Morgan fingerprint density at radius 1 is 1.03 bits per heavy atom. The van der Waals surface area contributed by atoms with Crippen LogP contribution < -0.4 is 19.5 Å². The van der Waals surface area contributed by atoms with E-state index >= 15 is 0 Å². The fraction of sp³-hybridized carbons (Fsp3) is 0.417. The van der Waals surface area contributed by atoms with Crippen LogP contribution in [-0.2, 0) is 16.1 Å². The molecule has 0 aliphatic heterocycles. The SMILES string of the molecule is COc1ccc(CN(C(=O)COc2ccc([N+](=O)[O-])c(OC)c2)[C@H](C)C(=O)NCC(C)C)cc1. The molecule has 0 aliphatic carbocycles. The number of methoxy groups -OCH3 is 2. The molecule has 34 heavy (non-hydrogen) atoms. The Labute approximate surface area is 198 Å². The third kappa shape index (κ3) is 7.36. The highest BCUT2D eigenvalue weighted by Gasteiger charge is 2.27. The first-order valence-corrected chi connectivity index (χ1v) is 10.8. The number of nitrogens with zero attached hydrogens (tertiary/aromatic N) is 2. The van der Waals surface area contributed by atoms with E-state index in [2.05, 4.69) is 5.32 Å². The van der Waals surface area contributed by atoms with E-state index in [0.29, 0.717) is 12.3 Å². The van der Waals surface area contributed by atoms with E-state index < -0.39 is 16.9 Å². The second-order valence-electron chi connectivity index (χ2n) is 8.06. The Kier molecular flexibility index (Phi) is 9.66. The fourth-order valence-corrected chi connectivity index (χ4v) is 3.09. The molecule has 2 aromatic rings. The minimum Gasteiger partial charge on any atom is -0.497 e. The summed E-state index contributed by atoms with van der Waals surface area (Å²) in [5.74, 6) is 0.513. The van der Waals surface area contributed by atoms with Crippen LogP contribution in [0.1, 0.15) is 26.3 Å². The summed E-state index contributed by atoms with van der Waals surface area (Å²) in [5.41, 5.74) is 0.604. The van der Waals surface area contributed by atoms with Gasteiger partial charge in [-0.15, -0.1) is 0 Å². The average Bonchev–Trinajstić information content (AvgIpc) is 2.83. The predicted molar refractivity (Wildman–Crippen MR) is 126 cm³/mol. The van der Waals surface area contributed by atoms with Crippen LogP contribution in [0.25, 0.3) is 0 Å². The Morgan fingerprint density at radius 2 is 1.68 bits per heavy atom. The van der Waals surface area contributed by atoms with Crippen molar-refractivity contribution in [2.75, 3.05) is 27.4 Å². The van der Waals surface area contributed by atoms with Crippen molar-refractivity contribution in [3.63, 3.8) is 0 Å². The van der Waals surface area contributed by atoms with Crippen molar-refractivity contribution in [1.82, 2.24) is 10.2 Å². The summed E-state index contributed by atoms with van der Waals surface area (Å²) < 4.78 is 15.8. The molecule has 1 atom stereocenters. The molecule has 0 unspecified atom stereocenters. The molecule has 2 rings (SSSR count). The van der Waals surface area contributed by atoms with Crippen molar-refractivity contribution in [3.05, 3.63) is 58.1 Å². The number of nitro benzene ring substituents is 1. The Balaban J connectivity index is 2.18. The van der Waals surface area contributed by atoms with Crippen molar-refractivity contribution in [2.45, 2.75) is 33.4 Å². The summed E-state index contributed by atoms with van der Waals surface area (Å²) in [5, 5.41) is 13.9. The first-order valence-electron chi connectivity index (χ1n) is 10.8. The predicted octanol–water partition coefficient (Wildman–Crippen LogP) is 3.18. The molecule has 184 valence electrons. The first-order chi connectivity index (χ1) is 16.2. The molecule has 0 aromatic heterocycles. The minimum absolute atomic E-state index is 0.0199. The fourth-order valence-electron chi connectivity index (χ4n) is 3.09. The van der Waals surface area contributed by atoms with Gasteiger partial charge in [-0.2, -0.15) is 0 Å². The van der Waals surface area contributed by atoms with Crippen LogP contribution in [0.3, 0.4) is 0 Å². The molecule has 10 nitrogen and oxygen atoms in total. The summed E-state index contributed by atoms with van der Waals surface area (Å²) >= 11 is 0. The van der Waals surface area contributed by atoms with Crippen LogP contribution in [0.5, 0.6) is 17.2 Å². The van der Waals surface area contributed by atoms with Crippen LogP contribution >= 0.6 is 0 Å². The molecule has 0 spiro atoms. The summed E-state index contributed by atoms with van der Waals surface area (Å²) in [4.78, 5) is 37.7. The highest BCUT2D eigenvalue weighted by molar-refractivity contribution is 5.88. The third-order valence-electron chi connectivity index (χ3n) is 5.07. The normalized spacial score (nSPS) is 11.5. The number of hydrogen-bond donors (Lipinski definition) is 1. The molecule has 1 N–H and O–H groups in total. The van der Waals surface area contributed by atoms with Crippen LogP contribution in [0, 0.1) is 16.0 Å². The summed E-state index contributed by atoms with van der Waals surface area (Å²) in [6.45, 7) is 5.94. The van der Waals surface area contributed by atoms with Gasteiger partial charge in [0.25, 0.3) is 5.91 Å². The van der Waals surface area contributed by atoms with Gasteiger partial charge in [0.15, 0.2) is 6.61 Å². The lowest BCUT2D eigenvalue weighted by Gasteiger charge is -2.29. The van der Waals surface area contributed by atoms with Gasteiger partial charge in [0.2, 0.25) is 11.7 Å².